The molecule has 7 nitrogen and oxygen atoms in total. The fourth-order valence-corrected chi connectivity index (χ4v) is 4.52. The van der Waals surface area contributed by atoms with Crippen LogP contribution in [-0.4, -0.2) is 71.8 Å². The van der Waals surface area contributed by atoms with Crippen molar-refractivity contribution in [3.8, 4) is 0 Å². The number of carbonyl (C=O) groups is 3. The lowest BCUT2D eigenvalue weighted by molar-refractivity contribution is -0.136. The Balaban J connectivity index is 1.47. The summed E-state index contributed by atoms with van der Waals surface area (Å²) in [7, 11) is 0. The first kappa shape index (κ1) is 19.9. The quantitative estimate of drug-likeness (QED) is 0.733. The van der Waals surface area contributed by atoms with Crippen molar-refractivity contribution in [2.45, 2.75) is 50.7 Å². The molecule has 2 aliphatic heterocycles. The largest absolute Gasteiger partial charge is 0.352 e. The Morgan fingerprint density at radius 3 is 2.52 bits per heavy atom. The molecule has 3 aliphatic rings. The van der Waals surface area contributed by atoms with Crippen LogP contribution < -0.4 is 10.6 Å². The van der Waals surface area contributed by atoms with Crippen LogP contribution in [0.4, 0.5) is 0 Å². The Morgan fingerprint density at radius 1 is 1.07 bits per heavy atom. The summed E-state index contributed by atoms with van der Waals surface area (Å²) in [6, 6.07) is 9.85. The minimum atomic E-state index is -0.514. The van der Waals surface area contributed by atoms with Crippen LogP contribution in [0.25, 0.3) is 0 Å². The van der Waals surface area contributed by atoms with Crippen molar-refractivity contribution in [1.82, 2.24) is 20.4 Å². The highest BCUT2D eigenvalue weighted by atomic mass is 16.2. The second-order valence-corrected chi connectivity index (χ2v) is 8.61. The first-order chi connectivity index (χ1) is 14.0. The molecule has 3 amide bonds. The Morgan fingerprint density at radius 2 is 1.83 bits per heavy atom. The summed E-state index contributed by atoms with van der Waals surface area (Å²) in [4.78, 5) is 41.2. The summed E-state index contributed by atoms with van der Waals surface area (Å²) in [6.07, 6.45) is 3.50. The molecule has 3 fully saturated rings. The molecule has 7 heteroatoms. The summed E-state index contributed by atoms with van der Waals surface area (Å²) in [5, 5.41) is 5.96. The molecule has 0 radical (unpaired) electrons. The highest BCUT2D eigenvalue weighted by molar-refractivity contribution is 5.90. The molecule has 2 N–H and O–H groups in total. The van der Waals surface area contributed by atoms with E-state index in [1.807, 2.05) is 23.1 Å². The number of nitrogens with zero attached hydrogens (tertiary/aromatic N) is 2. The van der Waals surface area contributed by atoms with Gasteiger partial charge in [-0.1, -0.05) is 30.3 Å². The van der Waals surface area contributed by atoms with E-state index in [1.54, 1.807) is 0 Å². The summed E-state index contributed by atoms with van der Waals surface area (Å²) < 4.78 is 0. The van der Waals surface area contributed by atoms with Crippen molar-refractivity contribution in [1.29, 1.82) is 0 Å². The van der Waals surface area contributed by atoms with Crippen LogP contribution in [0.2, 0.25) is 0 Å². The molecule has 2 heterocycles. The molecule has 2 saturated heterocycles. The zero-order valence-corrected chi connectivity index (χ0v) is 17.0. The molecule has 156 valence electrons. The lowest BCUT2D eigenvalue weighted by Crippen LogP contribution is -2.52. The molecule has 4 rings (SSSR count). The Bertz CT molecular complexity index is 765. The Hall–Kier alpha value is -2.41. The lowest BCUT2D eigenvalue weighted by atomic mass is 10.1. The van der Waals surface area contributed by atoms with Gasteiger partial charge >= 0.3 is 0 Å². The van der Waals surface area contributed by atoms with Gasteiger partial charge in [-0.3, -0.25) is 19.3 Å². The molecular weight excluding hydrogens is 368 g/mol. The van der Waals surface area contributed by atoms with Crippen LogP contribution in [0.15, 0.2) is 30.3 Å². The van der Waals surface area contributed by atoms with E-state index >= 15 is 0 Å². The van der Waals surface area contributed by atoms with Crippen LogP contribution in [0.1, 0.15) is 31.7 Å². The van der Waals surface area contributed by atoms with E-state index in [0.717, 1.165) is 38.8 Å². The second-order valence-electron chi connectivity index (χ2n) is 8.61. The monoisotopic (exact) mass is 398 g/mol. The maximum atomic E-state index is 13.2. The molecule has 0 aromatic heterocycles. The number of hydrogen-bond acceptors (Lipinski definition) is 4. The van der Waals surface area contributed by atoms with Crippen LogP contribution in [0.5, 0.6) is 0 Å². The second kappa shape index (κ2) is 8.53. The highest BCUT2D eigenvalue weighted by Crippen LogP contribution is 2.29. The first-order valence-electron chi connectivity index (χ1n) is 10.6. The average molecular weight is 399 g/mol. The van der Waals surface area contributed by atoms with Crippen LogP contribution in [-0.2, 0) is 20.8 Å². The first-order valence-corrected chi connectivity index (χ1v) is 10.6. The number of nitrogens with one attached hydrogen (secondary N) is 2. The molecule has 1 aromatic rings. The molecule has 0 bridgehead atoms. The molecule has 1 saturated carbocycles. The Labute approximate surface area is 171 Å². The van der Waals surface area contributed by atoms with Gasteiger partial charge in [-0.15, -0.1) is 0 Å². The highest BCUT2D eigenvalue weighted by Gasteiger charge is 2.43. The van der Waals surface area contributed by atoms with Gasteiger partial charge in [0.05, 0.1) is 0 Å². The zero-order chi connectivity index (χ0) is 20.4. The molecular formula is C22H30N4O3. The summed E-state index contributed by atoms with van der Waals surface area (Å²) in [5.41, 5.74) is 1.26. The van der Waals surface area contributed by atoms with Crippen molar-refractivity contribution in [2.24, 2.45) is 5.92 Å². The lowest BCUT2D eigenvalue weighted by Gasteiger charge is -2.25. The standard InChI is InChI=1S/C22H30N4O3/c1-15(27)23-18-11-19-13-25(10-9-16-5-3-2-4-6-16)14-20(22(29)26(19)12-18)24-21(28)17-7-8-17/h2-6,17-20H,7-14H2,1H3,(H,23,27)(H,24,28)/t18-,19-,20-/m0/s1. The Kier molecular flexibility index (Phi) is 5.85. The third kappa shape index (κ3) is 4.96. The number of benzene rings is 1. The smallest absolute Gasteiger partial charge is 0.246 e. The van der Waals surface area contributed by atoms with Gasteiger partial charge in [-0.25, -0.2) is 0 Å². The third-order valence-electron chi connectivity index (χ3n) is 6.14. The predicted molar refractivity (Wildman–Crippen MR) is 109 cm³/mol. The number of amides is 3. The topological polar surface area (TPSA) is 81.8 Å². The average Bonchev–Trinajstić information content (AvgIpc) is 3.49. The van der Waals surface area contributed by atoms with Gasteiger partial charge in [-0.2, -0.15) is 0 Å². The van der Waals surface area contributed by atoms with Gasteiger partial charge in [0.2, 0.25) is 17.7 Å². The molecule has 0 unspecified atom stereocenters. The van der Waals surface area contributed by atoms with Crippen molar-refractivity contribution >= 4 is 17.7 Å². The van der Waals surface area contributed by atoms with Gasteiger partial charge in [0.1, 0.15) is 6.04 Å². The van der Waals surface area contributed by atoms with Crippen LogP contribution >= 0.6 is 0 Å². The van der Waals surface area contributed by atoms with Gasteiger partial charge in [0, 0.05) is 51.1 Å². The van der Waals surface area contributed by atoms with E-state index in [2.05, 4.69) is 27.7 Å². The van der Waals surface area contributed by atoms with Crippen LogP contribution in [0.3, 0.4) is 0 Å². The van der Waals surface area contributed by atoms with Crippen LogP contribution in [0, 0.1) is 5.92 Å². The number of fused-ring (bicyclic) bond motifs is 1. The molecule has 3 atom stereocenters. The van der Waals surface area contributed by atoms with Gasteiger partial charge in [-0.05, 0) is 31.2 Å². The van der Waals surface area contributed by atoms with Crippen molar-refractivity contribution in [3.63, 3.8) is 0 Å². The molecule has 1 aliphatic carbocycles. The van der Waals surface area contributed by atoms with E-state index in [0.29, 0.717) is 13.1 Å². The molecule has 29 heavy (non-hydrogen) atoms. The van der Waals surface area contributed by atoms with Gasteiger partial charge in [0.25, 0.3) is 0 Å². The van der Waals surface area contributed by atoms with Crippen molar-refractivity contribution in [3.05, 3.63) is 35.9 Å². The van der Waals surface area contributed by atoms with E-state index in [4.69, 9.17) is 0 Å². The van der Waals surface area contributed by atoms with E-state index < -0.39 is 6.04 Å². The number of carbonyl (C=O) groups excluding carboxylic acids is 3. The fraction of sp³-hybridized carbons (Fsp3) is 0.591. The van der Waals surface area contributed by atoms with E-state index in [1.165, 1.54) is 12.5 Å². The summed E-state index contributed by atoms with van der Waals surface area (Å²) in [5.74, 6) is -0.00793. The summed E-state index contributed by atoms with van der Waals surface area (Å²) >= 11 is 0. The maximum Gasteiger partial charge on any atom is 0.246 e. The SMILES string of the molecule is CC(=O)N[C@H]1C[C@H]2CN(CCc3ccccc3)C[C@H](NC(=O)C3CC3)C(=O)N2C1. The van der Waals surface area contributed by atoms with Gasteiger partial charge < -0.3 is 15.5 Å². The minimum absolute atomic E-state index is 0.00224. The van der Waals surface area contributed by atoms with E-state index in [-0.39, 0.29) is 35.7 Å². The number of rotatable bonds is 6. The normalized spacial score (nSPS) is 27.3. The number of hydrogen-bond donors (Lipinski definition) is 2. The van der Waals surface area contributed by atoms with Crippen molar-refractivity contribution < 1.29 is 14.4 Å². The third-order valence-corrected chi connectivity index (χ3v) is 6.14. The zero-order valence-electron chi connectivity index (χ0n) is 17.0. The maximum absolute atomic E-state index is 13.2. The predicted octanol–water partition coefficient (Wildman–Crippen LogP) is 0.545. The van der Waals surface area contributed by atoms with Gasteiger partial charge in [0.15, 0.2) is 0 Å². The van der Waals surface area contributed by atoms with E-state index in [9.17, 15) is 14.4 Å². The fourth-order valence-electron chi connectivity index (χ4n) is 4.52. The molecule has 1 aromatic carbocycles. The summed E-state index contributed by atoms with van der Waals surface area (Å²) in [6.45, 7) is 4.18. The molecule has 0 spiro atoms. The minimum Gasteiger partial charge on any atom is -0.352 e. The van der Waals surface area contributed by atoms with Crippen molar-refractivity contribution in [2.75, 3.05) is 26.2 Å².